The predicted molar refractivity (Wildman–Crippen MR) is 125 cm³/mol. The Hall–Kier alpha value is -3.08. The summed E-state index contributed by atoms with van der Waals surface area (Å²) in [5.74, 6) is -0.669. The Balaban J connectivity index is 1.69. The molecule has 0 radical (unpaired) electrons. The van der Waals surface area contributed by atoms with E-state index >= 15 is 0 Å². The summed E-state index contributed by atoms with van der Waals surface area (Å²) in [6.45, 7) is 2.19. The molecule has 0 saturated carbocycles. The Bertz CT molecular complexity index is 1170. The van der Waals surface area contributed by atoms with Gasteiger partial charge < -0.3 is 5.32 Å². The summed E-state index contributed by atoms with van der Waals surface area (Å²) in [6, 6.07) is 22.0. The van der Waals surface area contributed by atoms with Crippen molar-refractivity contribution >= 4 is 46.3 Å². The largest absolute Gasteiger partial charge is 0.350 e. The molecule has 1 heterocycles. The van der Waals surface area contributed by atoms with Gasteiger partial charge in [-0.2, -0.15) is 0 Å². The Morgan fingerprint density at radius 1 is 0.839 bits per heavy atom. The molecule has 0 aliphatic carbocycles. The number of benzene rings is 3. The summed E-state index contributed by atoms with van der Waals surface area (Å²) >= 11 is 12.1. The second-order valence-corrected chi connectivity index (χ2v) is 8.21. The van der Waals surface area contributed by atoms with Gasteiger partial charge in [0.2, 0.25) is 0 Å². The molecular weight excluding hydrogens is 431 g/mol. The fraction of sp³-hybridized carbons (Fsp3) is 0.120. The van der Waals surface area contributed by atoms with Crippen molar-refractivity contribution in [1.82, 2.24) is 4.90 Å². The van der Waals surface area contributed by atoms with Gasteiger partial charge in [-0.05, 0) is 60.4 Å². The van der Waals surface area contributed by atoms with Crippen LogP contribution in [0.3, 0.4) is 0 Å². The van der Waals surface area contributed by atoms with Gasteiger partial charge in [-0.3, -0.25) is 14.5 Å². The van der Waals surface area contributed by atoms with E-state index in [-0.39, 0.29) is 17.5 Å². The molecule has 1 aliphatic rings. The van der Waals surface area contributed by atoms with Crippen LogP contribution in [0.2, 0.25) is 10.0 Å². The van der Waals surface area contributed by atoms with Crippen molar-refractivity contribution in [2.75, 3.05) is 11.9 Å². The monoisotopic (exact) mass is 450 g/mol. The Kier molecular flexibility index (Phi) is 6.12. The van der Waals surface area contributed by atoms with Crippen molar-refractivity contribution in [3.8, 4) is 0 Å². The van der Waals surface area contributed by atoms with E-state index in [4.69, 9.17) is 23.2 Å². The molecule has 0 bridgehead atoms. The van der Waals surface area contributed by atoms with Crippen LogP contribution in [0.4, 0.5) is 5.69 Å². The average Bonchev–Trinajstić information content (AvgIpc) is 2.99. The molecule has 0 saturated heterocycles. The first-order valence-electron chi connectivity index (χ1n) is 9.87. The number of carbonyl (C=O) groups is 2. The standard InChI is InChI=1S/C25H20Cl2N2O2/c1-16-15-20(27)11-12-21(16)28-23-22(18-7-9-19(26)10-8-18)24(30)29(25(23)31)14-13-17-5-3-2-4-6-17/h2-12,15,28H,13-14H2,1H3. The van der Waals surface area contributed by atoms with Crippen LogP contribution >= 0.6 is 23.2 Å². The summed E-state index contributed by atoms with van der Waals surface area (Å²) in [6.07, 6.45) is 0.583. The number of amides is 2. The molecular formula is C25H20Cl2N2O2. The fourth-order valence-electron chi connectivity index (χ4n) is 3.57. The smallest absolute Gasteiger partial charge is 0.278 e. The maximum atomic E-state index is 13.3. The van der Waals surface area contributed by atoms with E-state index in [1.807, 2.05) is 37.3 Å². The third kappa shape index (κ3) is 4.50. The van der Waals surface area contributed by atoms with E-state index in [1.165, 1.54) is 4.90 Å². The number of hydrogen-bond donors (Lipinski definition) is 1. The number of aryl methyl sites for hydroxylation is 1. The molecule has 156 valence electrons. The Morgan fingerprint density at radius 3 is 2.19 bits per heavy atom. The van der Waals surface area contributed by atoms with Gasteiger partial charge in [-0.15, -0.1) is 0 Å². The zero-order valence-electron chi connectivity index (χ0n) is 16.9. The average molecular weight is 451 g/mol. The summed E-state index contributed by atoms with van der Waals surface area (Å²) in [7, 11) is 0. The number of rotatable bonds is 6. The van der Waals surface area contributed by atoms with Gasteiger partial charge in [0.05, 0.1) is 5.57 Å². The Morgan fingerprint density at radius 2 is 1.52 bits per heavy atom. The number of carbonyl (C=O) groups excluding carboxylic acids is 2. The summed E-state index contributed by atoms with van der Waals surface area (Å²) in [5, 5.41) is 4.35. The normalized spacial score (nSPS) is 13.8. The molecule has 0 fully saturated rings. The molecule has 31 heavy (non-hydrogen) atoms. The third-order valence-electron chi connectivity index (χ3n) is 5.22. The van der Waals surface area contributed by atoms with Crippen LogP contribution in [0.1, 0.15) is 16.7 Å². The quantitative estimate of drug-likeness (QED) is 0.487. The second kappa shape index (κ2) is 8.96. The minimum absolute atomic E-state index is 0.255. The number of anilines is 1. The van der Waals surface area contributed by atoms with Crippen LogP contribution < -0.4 is 5.32 Å². The number of nitrogens with one attached hydrogen (secondary N) is 1. The van der Waals surface area contributed by atoms with E-state index < -0.39 is 0 Å². The summed E-state index contributed by atoms with van der Waals surface area (Å²) < 4.78 is 0. The van der Waals surface area contributed by atoms with Crippen LogP contribution in [0.25, 0.3) is 5.57 Å². The Labute approximate surface area is 191 Å². The first-order valence-corrected chi connectivity index (χ1v) is 10.6. The zero-order chi connectivity index (χ0) is 22.0. The molecule has 2 amide bonds. The highest BCUT2D eigenvalue weighted by molar-refractivity contribution is 6.37. The molecule has 6 heteroatoms. The molecule has 4 rings (SSSR count). The van der Waals surface area contributed by atoms with E-state index in [1.54, 1.807) is 42.5 Å². The van der Waals surface area contributed by atoms with Gasteiger partial charge in [0.1, 0.15) is 5.70 Å². The summed E-state index contributed by atoms with van der Waals surface area (Å²) in [4.78, 5) is 27.9. The van der Waals surface area contributed by atoms with Crippen molar-refractivity contribution in [2.45, 2.75) is 13.3 Å². The predicted octanol–water partition coefficient (Wildman–Crippen LogP) is 5.74. The number of nitrogens with zero attached hydrogens (tertiary/aromatic N) is 1. The maximum absolute atomic E-state index is 13.3. The molecule has 0 spiro atoms. The highest BCUT2D eigenvalue weighted by atomic mass is 35.5. The molecule has 0 atom stereocenters. The van der Waals surface area contributed by atoms with Gasteiger partial charge in [0.15, 0.2) is 0 Å². The van der Waals surface area contributed by atoms with Crippen molar-refractivity contribution < 1.29 is 9.59 Å². The van der Waals surface area contributed by atoms with Crippen molar-refractivity contribution in [2.24, 2.45) is 0 Å². The van der Waals surface area contributed by atoms with Crippen LogP contribution in [-0.4, -0.2) is 23.3 Å². The van der Waals surface area contributed by atoms with Crippen LogP contribution in [0.15, 0.2) is 78.5 Å². The molecule has 1 N–H and O–H groups in total. The maximum Gasteiger partial charge on any atom is 0.278 e. The van der Waals surface area contributed by atoms with Gasteiger partial charge in [0, 0.05) is 22.3 Å². The SMILES string of the molecule is Cc1cc(Cl)ccc1NC1=C(c2ccc(Cl)cc2)C(=O)N(CCc2ccccc2)C1=O. The minimum Gasteiger partial charge on any atom is -0.350 e. The second-order valence-electron chi connectivity index (χ2n) is 7.34. The number of hydrogen-bond acceptors (Lipinski definition) is 3. The number of imide groups is 1. The molecule has 4 nitrogen and oxygen atoms in total. The van der Waals surface area contributed by atoms with Gasteiger partial charge >= 0.3 is 0 Å². The lowest BCUT2D eigenvalue weighted by Crippen LogP contribution is -2.34. The first kappa shape index (κ1) is 21.2. The van der Waals surface area contributed by atoms with Crippen molar-refractivity contribution in [3.05, 3.63) is 105 Å². The molecule has 1 aliphatic heterocycles. The molecule has 3 aromatic carbocycles. The highest BCUT2D eigenvalue weighted by Gasteiger charge is 2.39. The van der Waals surface area contributed by atoms with Crippen molar-refractivity contribution in [3.63, 3.8) is 0 Å². The zero-order valence-corrected chi connectivity index (χ0v) is 18.4. The van der Waals surface area contributed by atoms with Gasteiger partial charge in [0.25, 0.3) is 11.8 Å². The van der Waals surface area contributed by atoms with E-state index in [9.17, 15) is 9.59 Å². The first-order chi connectivity index (χ1) is 14.9. The van der Waals surface area contributed by atoms with Crippen LogP contribution in [0.5, 0.6) is 0 Å². The van der Waals surface area contributed by atoms with E-state index in [2.05, 4.69) is 5.32 Å². The topological polar surface area (TPSA) is 49.4 Å². The van der Waals surface area contributed by atoms with Gasteiger partial charge in [-0.1, -0.05) is 65.7 Å². The highest BCUT2D eigenvalue weighted by Crippen LogP contribution is 2.32. The number of halogens is 2. The van der Waals surface area contributed by atoms with Gasteiger partial charge in [-0.25, -0.2) is 0 Å². The molecule has 3 aromatic rings. The van der Waals surface area contributed by atoms with Crippen LogP contribution in [0, 0.1) is 6.92 Å². The molecule has 0 unspecified atom stereocenters. The molecule has 0 aromatic heterocycles. The lowest BCUT2D eigenvalue weighted by molar-refractivity contribution is -0.136. The minimum atomic E-state index is -0.347. The van der Waals surface area contributed by atoms with E-state index in [0.717, 1.165) is 16.8 Å². The lowest BCUT2D eigenvalue weighted by Gasteiger charge is -2.16. The van der Waals surface area contributed by atoms with E-state index in [0.29, 0.717) is 34.1 Å². The lowest BCUT2D eigenvalue weighted by atomic mass is 10.0. The third-order valence-corrected chi connectivity index (χ3v) is 5.70. The van der Waals surface area contributed by atoms with Crippen LogP contribution in [-0.2, 0) is 16.0 Å². The summed E-state index contributed by atoms with van der Waals surface area (Å²) in [5.41, 5.74) is 3.88. The van der Waals surface area contributed by atoms with Crippen molar-refractivity contribution in [1.29, 1.82) is 0 Å². The fourth-order valence-corrected chi connectivity index (χ4v) is 3.92.